The Hall–Kier alpha value is -5.52. The molecule has 0 radical (unpaired) electrons. The molecule has 6 N–H and O–H groups in total. The molecule has 0 aliphatic carbocycles. The van der Waals surface area contributed by atoms with Gasteiger partial charge in [0.15, 0.2) is 17.3 Å². The zero-order chi connectivity index (χ0) is 30.2. The van der Waals surface area contributed by atoms with Gasteiger partial charge in [-0.3, -0.25) is 19.2 Å². The Balaban J connectivity index is 1.34. The van der Waals surface area contributed by atoms with Crippen molar-refractivity contribution in [3.8, 4) is 40.1 Å². The van der Waals surface area contributed by atoms with Gasteiger partial charge in [0.05, 0.1) is 6.54 Å². The normalized spacial score (nSPS) is 10.8. The quantitative estimate of drug-likeness (QED) is 0.0866. The van der Waals surface area contributed by atoms with E-state index in [1.54, 1.807) is 24.3 Å². The summed E-state index contributed by atoms with van der Waals surface area (Å²) in [6.45, 7) is -0.176. The van der Waals surface area contributed by atoms with Crippen molar-refractivity contribution in [1.29, 1.82) is 0 Å². The second-order valence-corrected chi connectivity index (χ2v) is 9.36. The largest absolute Gasteiger partial charge is 0.508 e. The summed E-state index contributed by atoms with van der Waals surface area (Å²) in [5.41, 5.74) is -0.388. The average Bonchev–Trinajstić information content (AvgIpc) is 2.94. The van der Waals surface area contributed by atoms with E-state index in [0.29, 0.717) is 24.9 Å². The first-order valence-corrected chi connectivity index (χ1v) is 13.0. The maximum atomic E-state index is 13.2. The highest BCUT2D eigenvalue weighted by Gasteiger charge is 2.23. The van der Waals surface area contributed by atoms with Gasteiger partial charge >= 0.3 is 5.97 Å². The van der Waals surface area contributed by atoms with Crippen LogP contribution in [0.3, 0.4) is 0 Å². The van der Waals surface area contributed by atoms with Crippen molar-refractivity contribution in [1.82, 2.24) is 5.32 Å². The van der Waals surface area contributed by atoms with Crippen LogP contribution in [0, 0.1) is 0 Å². The lowest BCUT2D eigenvalue weighted by atomic mass is 10.1. The maximum absolute atomic E-state index is 13.2. The van der Waals surface area contributed by atoms with E-state index in [9.17, 15) is 39.6 Å². The fourth-order valence-corrected chi connectivity index (χ4v) is 4.11. The van der Waals surface area contributed by atoms with Crippen LogP contribution in [0.25, 0.3) is 22.3 Å². The monoisotopic (exact) mass is 576 g/mol. The molecule has 12 heteroatoms. The third-order valence-electron chi connectivity index (χ3n) is 6.16. The minimum absolute atomic E-state index is 0.0818. The van der Waals surface area contributed by atoms with Gasteiger partial charge in [-0.25, -0.2) is 0 Å². The van der Waals surface area contributed by atoms with Crippen LogP contribution >= 0.6 is 0 Å². The molecule has 0 bridgehead atoms. The van der Waals surface area contributed by atoms with Gasteiger partial charge in [0.2, 0.25) is 23.0 Å². The van der Waals surface area contributed by atoms with Crippen LogP contribution in [0.2, 0.25) is 0 Å². The standard InChI is InChI=1S/C30H28N2O10/c33-19-14-22(36)27-23(15-19)41-29(17-11-12-20(34)21(35)13-17)30(28(27)40)42-26(39)10-6-2-5-9-24(37)31-16-25(38)32-18-7-3-1-4-8-18/h1,3-4,7-8,11-15,33-36H,2,5-6,9-10,16H2,(H,31,37)(H,32,38). The Morgan fingerprint density at radius 3 is 2.26 bits per heavy atom. The third-order valence-corrected chi connectivity index (χ3v) is 6.16. The number of rotatable bonds is 11. The van der Waals surface area contributed by atoms with E-state index in [2.05, 4.69) is 10.6 Å². The van der Waals surface area contributed by atoms with Gasteiger partial charge in [0.1, 0.15) is 22.5 Å². The second-order valence-electron chi connectivity index (χ2n) is 9.36. The number of ether oxygens (including phenoxy) is 1. The molecule has 4 rings (SSSR count). The number of carbonyl (C=O) groups excluding carboxylic acids is 3. The number of phenolic OH excluding ortho intramolecular Hbond substituents is 4. The summed E-state index contributed by atoms with van der Waals surface area (Å²) in [7, 11) is 0. The minimum Gasteiger partial charge on any atom is -0.508 e. The number of aromatic hydroxyl groups is 4. The van der Waals surface area contributed by atoms with Gasteiger partial charge in [0, 0.05) is 36.2 Å². The molecule has 0 unspecified atom stereocenters. The SMILES string of the molecule is O=C(CCCCCC(=O)Oc1c(-c2ccc(O)c(O)c2)oc2cc(O)cc(O)c2c1=O)NCC(=O)Nc1ccccc1. The van der Waals surface area contributed by atoms with Gasteiger partial charge in [-0.05, 0) is 43.2 Å². The molecule has 0 fully saturated rings. The number of anilines is 1. The molecule has 12 nitrogen and oxygen atoms in total. The highest BCUT2D eigenvalue weighted by Crippen LogP contribution is 2.38. The van der Waals surface area contributed by atoms with Crippen molar-refractivity contribution in [2.75, 3.05) is 11.9 Å². The van der Waals surface area contributed by atoms with E-state index >= 15 is 0 Å². The van der Waals surface area contributed by atoms with Crippen LogP contribution in [0.5, 0.6) is 28.7 Å². The number of para-hydroxylation sites is 1. The highest BCUT2D eigenvalue weighted by atomic mass is 16.5. The van der Waals surface area contributed by atoms with Crippen LogP contribution in [-0.4, -0.2) is 44.8 Å². The molecular formula is C30H28N2O10. The fraction of sp³-hybridized carbons (Fsp3) is 0.200. The predicted molar refractivity (Wildman–Crippen MR) is 151 cm³/mol. The molecule has 1 aromatic heterocycles. The van der Waals surface area contributed by atoms with E-state index in [1.807, 2.05) is 6.07 Å². The van der Waals surface area contributed by atoms with E-state index in [0.717, 1.165) is 24.3 Å². The smallest absolute Gasteiger partial charge is 0.311 e. The number of carbonyl (C=O) groups is 3. The number of hydrogen-bond donors (Lipinski definition) is 6. The first kappa shape index (κ1) is 29.5. The van der Waals surface area contributed by atoms with Gasteiger partial charge < -0.3 is 40.2 Å². The summed E-state index contributed by atoms with van der Waals surface area (Å²) in [6.07, 6.45) is 1.27. The van der Waals surface area contributed by atoms with Crippen LogP contribution < -0.4 is 20.8 Å². The summed E-state index contributed by atoms with van der Waals surface area (Å²) in [4.78, 5) is 49.9. The topological polar surface area (TPSA) is 196 Å². The van der Waals surface area contributed by atoms with Crippen LogP contribution in [0.4, 0.5) is 5.69 Å². The predicted octanol–water partition coefficient (Wildman–Crippen LogP) is 3.89. The average molecular weight is 577 g/mol. The number of amides is 2. The van der Waals surface area contributed by atoms with E-state index < -0.39 is 34.4 Å². The Morgan fingerprint density at radius 1 is 0.786 bits per heavy atom. The summed E-state index contributed by atoms with van der Waals surface area (Å²) in [5.74, 6) is -4.20. The zero-order valence-electron chi connectivity index (χ0n) is 22.3. The number of benzene rings is 3. The maximum Gasteiger partial charge on any atom is 0.311 e. The number of esters is 1. The Kier molecular flexibility index (Phi) is 9.28. The van der Waals surface area contributed by atoms with Crippen molar-refractivity contribution in [3.63, 3.8) is 0 Å². The molecule has 0 saturated heterocycles. The number of nitrogens with one attached hydrogen (secondary N) is 2. The molecule has 0 aliphatic heterocycles. The molecule has 0 atom stereocenters. The molecule has 218 valence electrons. The second kappa shape index (κ2) is 13.2. The first-order valence-electron chi connectivity index (χ1n) is 13.0. The van der Waals surface area contributed by atoms with Gasteiger partial charge in [-0.2, -0.15) is 0 Å². The fourth-order valence-electron chi connectivity index (χ4n) is 4.11. The molecule has 4 aromatic rings. The lowest BCUT2D eigenvalue weighted by Gasteiger charge is -2.12. The summed E-state index contributed by atoms with van der Waals surface area (Å²) < 4.78 is 11.0. The van der Waals surface area contributed by atoms with Crippen molar-refractivity contribution in [3.05, 3.63) is 70.9 Å². The summed E-state index contributed by atoms with van der Waals surface area (Å²) >= 11 is 0. The Labute approximate surface area is 238 Å². The number of fused-ring (bicyclic) bond motifs is 1. The third kappa shape index (κ3) is 7.36. The van der Waals surface area contributed by atoms with Crippen LogP contribution in [0.1, 0.15) is 32.1 Å². The van der Waals surface area contributed by atoms with Gasteiger partial charge in [0.25, 0.3) is 0 Å². The zero-order valence-corrected chi connectivity index (χ0v) is 22.3. The molecule has 42 heavy (non-hydrogen) atoms. The first-order chi connectivity index (χ1) is 20.1. The van der Waals surface area contributed by atoms with Gasteiger partial charge in [-0.15, -0.1) is 0 Å². The highest BCUT2D eigenvalue weighted by molar-refractivity contribution is 5.94. The van der Waals surface area contributed by atoms with Crippen molar-refractivity contribution >= 4 is 34.4 Å². The molecular weight excluding hydrogens is 548 g/mol. The number of unbranched alkanes of at least 4 members (excludes halogenated alkanes) is 2. The Bertz CT molecular complexity index is 1680. The van der Waals surface area contributed by atoms with Crippen molar-refractivity contribution in [2.24, 2.45) is 0 Å². The molecule has 0 spiro atoms. The van der Waals surface area contributed by atoms with Gasteiger partial charge in [-0.1, -0.05) is 24.6 Å². The van der Waals surface area contributed by atoms with E-state index in [4.69, 9.17) is 9.15 Å². The Morgan fingerprint density at radius 2 is 1.52 bits per heavy atom. The number of hydrogen-bond acceptors (Lipinski definition) is 10. The lowest BCUT2D eigenvalue weighted by molar-refractivity contribution is -0.134. The van der Waals surface area contributed by atoms with Crippen molar-refractivity contribution in [2.45, 2.75) is 32.1 Å². The van der Waals surface area contributed by atoms with Crippen molar-refractivity contribution < 1.29 is 44.0 Å². The molecule has 2 amide bonds. The molecule has 0 aliphatic rings. The van der Waals surface area contributed by atoms with Crippen LogP contribution in [-0.2, 0) is 14.4 Å². The summed E-state index contributed by atoms with van der Waals surface area (Å²) in [6, 6.07) is 14.4. The number of phenols is 4. The van der Waals surface area contributed by atoms with Crippen LogP contribution in [0.15, 0.2) is 69.9 Å². The lowest BCUT2D eigenvalue weighted by Crippen LogP contribution is -2.32. The molecule has 0 saturated carbocycles. The van der Waals surface area contributed by atoms with E-state index in [-0.39, 0.29) is 59.2 Å². The molecule has 1 heterocycles. The summed E-state index contributed by atoms with van der Waals surface area (Å²) in [5, 5.41) is 44.5. The molecule has 3 aromatic carbocycles. The minimum atomic E-state index is -0.891. The van der Waals surface area contributed by atoms with E-state index in [1.165, 1.54) is 6.07 Å².